The molecule has 2 unspecified atom stereocenters. The van der Waals surface area contributed by atoms with Crippen LogP contribution in [0.1, 0.15) is 44.2 Å². The number of hydrogen-bond acceptors (Lipinski definition) is 11. The maximum atomic E-state index is 13.6. The number of rotatable bonds is 12. The van der Waals surface area contributed by atoms with Gasteiger partial charge in [-0.25, -0.2) is 0 Å². The van der Waals surface area contributed by atoms with Gasteiger partial charge in [0.05, 0.1) is 24.1 Å². The molecule has 0 radical (unpaired) electrons. The quantitative estimate of drug-likeness (QED) is 0.168. The van der Waals surface area contributed by atoms with Crippen molar-refractivity contribution in [3.8, 4) is 0 Å². The molecule has 1 aromatic carbocycles. The fraction of sp³-hybridized carbons (Fsp3) is 0.562. The maximum absolute atomic E-state index is 13.6. The molecule has 0 aromatic heterocycles. The molecule has 0 saturated carbocycles. The zero-order chi connectivity index (χ0) is 34.7. The number of hydrogen-bond donors (Lipinski definition) is 2. The standard InChI is InChI=1S/C32H43BrF3N7O3S2/c1-4-13-47-28-7-6-8-43(28)20-25(16-22-14-23(32(34,35)36)17-24(33)15-22)48-31(37-3)40-30(45)26-18-39-27(19-38-26)42-11-9-41(10-12-42)21-29(44)46-5-2/h14-19,27-28,39H,4-13,20-21H2,1-3H3,(H,37,40,45)/b25-16+. The van der Waals surface area contributed by atoms with E-state index >= 15 is 0 Å². The molecule has 48 heavy (non-hydrogen) atoms. The summed E-state index contributed by atoms with van der Waals surface area (Å²) in [6, 6.07) is 3.84. The number of thioether (sulfide) groups is 2. The molecule has 2 saturated heterocycles. The highest BCUT2D eigenvalue weighted by atomic mass is 79.9. The molecule has 1 aromatic rings. The van der Waals surface area contributed by atoms with E-state index in [1.807, 2.05) is 11.8 Å². The lowest BCUT2D eigenvalue weighted by atomic mass is 10.1. The van der Waals surface area contributed by atoms with Crippen LogP contribution in [0.25, 0.3) is 6.08 Å². The number of nitrogens with one attached hydrogen (secondary N) is 2. The van der Waals surface area contributed by atoms with Gasteiger partial charge >= 0.3 is 12.1 Å². The molecule has 3 heterocycles. The Morgan fingerprint density at radius 2 is 1.94 bits per heavy atom. The summed E-state index contributed by atoms with van der Waals surface area (Å²) in [5, 5.41) is 6.70. The van der Waals surface area contributed by atoms with Crippen LogP contribution < -0.4 is 10.6 Å². The van der Waals surface area contributed by atoms with Crippen LogP contribution in [-0.2, 0) is 20.5 Å². The lowest BCUT2D eigenvalue weighted by Gasteiger charge is -2.38. The molecule has 3 aliphatic heterocycles. The summed E-state index contributed by atoms with van der Waals surface area (Å²) in [4.78, 5) is 41.1. The van der Waals surface area contributed by atoms with Gasteiger partial charge in [-0.1, -0.05) is 34.6 Å². The minimum atomic E-state index is -4.49. The number of ether oxygens (including phenoxy) is 1. The van der Waals surface area contributed by atoms with Gasteiger partial charge in [0, 0.05) is 61.6 Å². The van der Waals surface area contributed by atoms with Crippen molar-refractivity contribution >= 4 is 68.8 Å². The van der Waals surface area contributed by atoms with Gasteiger partial charge in [0.1, 0.15) is 11.9 Å². The van der Waals surface area contributed by atoms with E-state index in [2.05, 4.69) is 58.2 Å². The number of piperazine rings is 1. The summed E-state index contributed by atoms with van der Waals surface area (Å²) >= 11 is 6.35. The highest BCUT2D eigenvalue weighted by Gasteiger charge is 2.31. The van der Waals surface area contributed by atoms with Crippen LogP contribution >= 0.6 is 39.5 Å². The van der Waals surface area contributed by atoms with E-state index in [0.717, 1.165) is 48.6 Å². The maximum Gasteiger partial charge on any atom is 0.416 e. The van der Waals surface area contributed by atoms with Crippen LogP contribution in [0.15, 0.2) is 49.5 Å². The predicted molar refractivity (Wildman–Crippen MR) is 192 cm³/mol. The fourth-order valence-corrected chi connectivity index (χ4v) is 8.14. The summed E-state index contributed by atoms with van der Waals surface area (Å²) in [5.41, 5.74) is -0.166. The Labute approximate surface area is 297 Å². The third-order valence-electron chi connectivity index (χ3n) is 7.84. The Balaban J connectivity index is 1.41. The van der Waals surface area contributed by atoms with E-state index in [0.29, 0.717) is 59.9 Å². The monoisotopic (exact) mass is 773 g/mol. The van der Waals surface area contributed by atoms with Crippen molar-refractivity contribution in [2.45, 2.75) is 50.8 Å². The second kappa shape index (κ2) is 18.6. The Morgan fingerprint density at radius 3 is 2.58 bits per heavy atom. The van der Waals surface area contributed by atoms with Gasteiger partial charge in [-0.3, -0.25) is 39.6 Å². The first-order valence-corrected chi connectivity index (χ1v) is 18.7. The first-order chi connectivity index (χ1) is 23.0. The Morgan fingerprint density at radius 1 is 1.17 bits per heavy atom. The molecule has 0 bridgehead atoms. The molecule has 16 heteroatoms. The van der Waals surface area contributed by atoms with Crippen LogP contribution in [0.5, 0.6) is 0 Å². The third-order valence-corrected chi connectivity index (χ3v) is 10.8. The minimum Gasteiger partial charge on any atom is -0.465 e. The van der Waals surface area contributed by atoms with Gasteiger partial charge in [-0.05, 0) is 68.3 Å². The summed E-state index contributed by atoms with van der Waals surface area (Å²) in [7, 11) is 1.56. The predicted octanol–water partition coefficient (Wildman–Crippen LogP) is 5.23. The van der Waals surface area contributed by atoms with Crippen molar-refractivity contribution in [1.82, 2.24) is 25.3 Å². The Hall–Kier alpha value is -2.37. The SMILES string of the molecule is CCCSC1CCCN1C/C(=C\c1cc(Br)cc(C(F)(F)F)c1)SC(=NC)NC(=O)C1=CNC(N2CCN(CC(=O)OCC)CC2)C=N1. The number of likely N-dealkylation sites (tertiary alicyclic amines) is 1. The molecule has 0 spiro atoms. The normalized spacial score (nSPS) is 21.6. The van der Waals surface area contributed by atoms with Gasteiger partial charge in [-0.2, -0.15) is 13.2 Å². The minimum absolute atomic E-state index is 0.178. The smallest absolute Gasteiger partial charge is 0.416 e. The van der Waals surface area contributed by atoms with Gasteiger partial charge in [0.25, 0.3) is 5.91 Å². The molecule has 2 N–H and O–H groups in total. The van der Waals surface area contributed by atoms with Crippen LogP contribution in [0.2, 0.25) is 0 Å². The zero-order valence-electron chi connectivity index (χ0n) is 27.4. The first-order valence-electron chi connectivity index (χ1n) is 16.0. The molecule has 2 fully saturated rings. The highest BCUT2D eigenvalue weighted by Crippen LogP contribution is 2.35. The average molecular weight is 775 g/mol. The van der Waals surface area contributed by atoms with Crippen LogP contribution in [0, 0.1) is 0 Å². The van der Waals surface area contributed by atoms with Crippen molar-refractivity contribution in [2.75, 3.05) is 65.2 Å². The van der Waals surface area contributed by atoms with Crippen LogP contribution in [-0.4, -0.2) is 115 Å². The van der Waals surface area contributed by atoms with Gasteiger partial charge in [-0.15, -0.1) is 11.8 Å². The number of aliphatic imine (C=N–C) groups is 2. The van der Waals surface area contributed by atoms with Crippen LogP contribution in [0.3, 0.4) is 0 Å². The molecule has 264 valence electrons. The average Bonchev–Trinajstić information content (AvgIpc) is 3.49. The third kappa shape index (κ3) is 11.6. The molecule has 2 atom stereocenters. The van der Waals surface area contributed by atoms with E-state index < -0.39 is 17.6 Å². The van der Waals surface area contributed by atoms with Gasteiger partial charge in [0.2, 0.25) is 0 Å². The number of alkyl halides is 3. The number of nitrogens with zero attached hydrogens (tertiary/aromatic N) is 5. The largest absolute Gasteiger partial charge is 0.465 e. The van der Waals surface area contributed by atoms with Crippen LogP contribution in [0.4, 0.5) is 13.2 Å². The molecule has 3 aliphatic rings. The summed E-state index contributed by atoms with van der Waals surface area (Å²) in [5.74, 6) is 0.345. The zero-order valence-corrected chi connectivity index (χ0v) is 30.6. The first kappa shape index (κ1) is 38.4. The van der Waals surface area contributed by atoms with Crippen molar-refractivity contribution in [2.24, 2.45) is 9.98 Å². The van der Waals surface area contributed by atoms with Crippen molar-refractivity contribution < 1.29 is 27.5 Å². The number of carbonyl (C=O) groups excluding carboxylic acids is 2. The number of esters is 1. The van der Waals surface area contributed by atoms with Crippen molar-refractivity contribution in [3.05, 3.63) is 50.6 Å². The number of carbonyl (C=O) groups is 2. The summed E-state index contributed by atoms with van der Waals surface area (Å²) in [6.07, 6.45) is 3.46. The number of amidine groups is 1. The van der Waals surface area contributed by atoms with Gasteiger partial charge in [0.15, 0.2) is 5.17 Å². The molecular weight excluding hydrogens is 731 g/mol. The van der Waals surface area contributed by atoms with E-state index in [1.54, 1.807) is 38.5 Å². The van der Waals surface area contributed by atoms with E-state index in [9.17, 15) is 22.8 Å². The molecule has 4 rings (SSSR count). The van der Waals surface area contributed by atoms with E-state index in [4.69, 9.17) is 4.74 Å². The number of halogens is 4. The van der Waals surface area contributed by atoms with E-state index in [-0.39, 0.29) is 24.4 Å². The van der Waals surface area contributed by atoms with Gasteiger partial charge < -0.3 is 10.1 Å². The van der Waals surface area contributed by atoms with Crippen molar-refractivity contribution in [3.63, 3.8) is 0 Å². The Bertz CT molecular complexity index is 1400. The fourth-order valence-electron chi connectivity index (χ4n) is 5.49. The topological polar surface area (TPSA) is 102 Å². The van der Waals surface area contributed by atoms with E-state index in [1.165, 1.54) is 11.8 Å². The number of benzene rings is 1. The second-order valence-corrected chi connectivity index (χ2v) is 14.8. The summed E-state index contributed by atoms with van der Waals surface area (Å²) in [6.45, 7) is 8.79. The summed E-state index contributed by atoms with van der Waals surface area (Å²) < 4.78 is 46.2. The molecule has 0 aliphatic carbocycles. The molecule has 10 nitrogen and oxygen atoms in total. The lowest BCUT2D eigenvalue weighted by molar-refractivity contribution is -0.145. The molecular formula is C32H43BrF3N7O3S2. The lowest BCUT2D eigenvalue weighted by Crippen LogP contribution is -2.56. The molecule has 1 amide bonds. The Kier molecular flexibility index (Phi) is 14.9. The second-order valence-electron chi connectivity index (χ2n) is 11.4. The van der Waals surface area contributed by atoms with Crippen molar-refractivity contribution in [1.29, 1.82) is 0 Å². The number of amides is 1. The highest BCUT2D eigenvalue weighted by molar-refractivity contribution is 9.10.